The molecule has 0 radical (unpaired) electrons. The second-order valence-corrected chi connectivity index (χ2v) is 6.38. The quantitative estimate of drug-likeness (QED) is 0.808. The number of benzene rings is 2. The zero-order valence-corrected chi connectivity index (χ0v) is 14.0. The van der Waals surface area contributed by atoms with Crippen LogP contribution in [0, 0.1) is 5.82 Å². The molecule has 2 N–H and O–H groups in total. The Bertz CT molecular complexity index is 680. The summed E-state index contributed by atoms with van der Waals surface area (Å²) in [6.45, 7) is 2.13. The molecule has 3 rings (SSSR count). The number of hydrogen-bond acceptors (Lipinski definition) is 1. The van der Waals surface area contributed by atoms with Crippen molar-refractivity contribution >= 4 is 17.3 Å². The van der Waals surface area contributed by atoms with Crippen molar-refractivity contribution < 1.29 is 4.39 Å². The molecule has 1 saturated carbocycles. The highest BCUT2D eigenvalue weighted by molar-refractivity contribution is 7.80. The second-order valence-electron chi connectivity index (χ2n) is 5.98. The summed E-state index contributed by atoms with van der Waals surface area (Å²) in [4.78, 5) is 0. The maximum absolute atomic E-state index is 13.6. The summed E-state index contributed by atoms with van der Waals surface area (Å²) in [5, 5.41) is 7.25. The van der Waals surface area contributed by atoms with Crippen molar-refractivity contribution in [1.82, 2.24) is 10.6 Å². The van der Waals surface area contributed by atoms with E-state index >= 15 is 0 Å². The van der Waals surface area contributed by atoms with E-state index in [4.69, 9.17) is 12.2 Å². The first kappa shape index (κ1) is 15.9. The Labute approximate surface area is 142 Å². The Morgan fingerprint density at radius 3 is 2.52 bits per heavy atom. The Morgan fingerprint density at radius 1 is 1.17 bits per heavy atom. The van der Waals surface area contributed by atoms with Crippen molar-refractivity contribution in [2.45, 2.75) is 38.3 Å². The molecule has 0 aromatic heterocycles. The zero-order chi connectivity index (χ0) is 16.2. The fourth-order valence-corrected chi connectivity index (χ4v) is 2.86. The third-order valence-electron chi connectivity index (χ3n) is 4.09. The van der Waals surface area contributed by atoms with Crippen LogP contribution >= 0.6 is 12.2 Å². The van der Waals surface area contributed by atoms with Gasteiger partial charge in [0.2, 0.25) is 0 Å². The smallest absolute Gasteiger partial charge is 0.167 e. The van der Waals surface area contributed by atoms with E-state index in [0.29, 0.717) is 11.2 Å². The van der Waals surface area contributed by atoms with Crippen molar-refractivity contribution in [3.63, 3.8) is 0 Å². The molecule has 2 nitrogen and oxygen atoms in total. The summed E-state index contributed by atoms with van der Waals surface area (Å²) in [6.07, 6.45) is 3.33. The van der Waals surface area contributed by atoms with Crippen LogP contribution in [-0.4, -0.2) is 11.2 Å². The monoisotopic (exact) mass is 328 g/mol. The van der Waals surface area contributed by atoms with Crippen LogP contribution in [0.25, 0.3) is 0 Å². The van der Waals surface area contributed by atoms with Crippen LogP contribution in [0.2, 0.25) is 0 Å². The lowest BCUT2D eigenvalue weighted by atomic mass is 9.97. The minimum absolute atomic E-state index is 0.157. The summed E-state index contributed by atoms with van der Waals surface area (Å²) < 4.78 is 13.6. The van der Waals surface area contributed by atoms with Gasteiger partial charge < -0.3 is 10.6 Å². The third kappa shape index (κ3) is 4.29. The van der Waals surface area contributed by atoms with Gasteiger partial charge in [0.05, 0.1) is 6.04 Å². The van der Waals surface area contributed by atoms with E-state index in [1.807, 2.05) is 6.07 Å². The molecule has 23 heavy (non-hydrogen) atoms. The first-order valence-electron chi connectivity index (χ1n) is 8.07. The predicted molar refractivity (Wildman–Crippen MR) is 96.0 cm³/mol. The Hall–Kier alpha value is -1.94. The van der Waals surface area contributed by atoms with E-state index in [-0.39, 0.29) is 11.9 Å². The molecule has 0 saturated heterocycles. The van der Waals surface area contributed by atoms with Crippen molar-refractivity contribution in [3.8, 4) is 0 Å². The third-order valence-corrected chi connectivity index (χ3v) is 4.33. The van der Waals surface area contributed by atoms with Crippen LogP contribution in [0.5, 0.6) is 0 Å². The molecule has 0 amide bonds. The molecule has 0 unspecified atom stereocenters. The van der Waals surface area contributed by atoms with Gasteiger partial charge in [-0.2, -0.15) is 0 Å². The average Bonchev–Trinajstić information content (AvgIpc) is 3.37. The number of aryl methyl sites for hydroxylation is 1. The summed E-state index contributed by atoms with van der Waals surface area (Å²) in [6, 6.07) is 15.4. The van der Waals surface area contributed by atoms with E-state index in [9.17, 15) is 4.39 Å². The Morgan fingerprint density at radius 2 is 1.91 bits per heavy atom. The first-order chi connectivity index (χ1) is 11.2. The van der Waals surface area contributed by atoms with Gasteiger partial charge in [0.1, 0.15) is 5.82 Å². The predicted octanol–water partition coefficient (Wildman–Crippen LogP) is 4.10. The highest BCUT2D eigenvalue weighted by Gasteiger charge is 2.23. The molecule has 0 aliphatic heterocycles. The van der Waals surface area contributed by atoms with Crippen LogP contribution in [0.4, 0.5) is 4.39 Å². The van der Waals surface area contributed by atoms with Gasteiger partial charge >= 0.3 is 0 Å². The normalized spacial score (nSPS) is 15.0. The molecular formula is C19H21FN2S. The largest absolute Gasteiger partial charge is 0.360 e. The minimum Gasteiger partial charge on any atom is -0.360 e. The highest BCUT2D eigenvalue weighted by Crippen LogP contribution is 2.24. The van der Waals surface area contributed by atoms with Gasteiger partial charge in [-0.1, -0.05) is 43.3 Å². The van der Waals surface area contributed by atoms with Crippen molar-refractivity contribution in [2.75, 3.05) is 0 Å². The summed E-state index contributed by atoms with van der Waals surface area (Å²) in [5.41, 5.74) is 3.23. The van der Waals surface area contributed by atoms with Gasteiger partial charge in [0, 0.05) is 6.04 Å². The van der Waals surface area contributed by atoms with Crippen LogP contribution in [0.3, 0.4) is 0 Å². The number of thiocarbonyl (C=S) groups is 1. The fourth-order valence-electron chi connectivity index (χ4n) is 2.58. The van der Waals surface area contributed by atoms with Crippen molar-refractivity contribution in [3.05, 3.63) is 71.0 Å². The minimum atomic E-state index is -0.236. The summed E-state index contributed by atoms with van der Waals surface area (Å²) >= 11 is 5.41. The van der Waals surface area contributed by atoms with Gasteiger partial charge in [-0.15, -0.1) is 0 Å². The summed E-state index contributed by atoms with van der Waals surface area (Å²) in [7, 11) is 0. The molecule has 2 aromatic carbocycles. The topological polar surface area (TPSA) is 24.1 Å². The fraction of sp³-hybridized carbons (Fsp3) is 0.316. The molecule has 1 aliphatic carbocycles. The van der Waals surface area contributed by atoms with Gasteiger partial charge in [0.15, 0.2) is 5.11 Å². The van der Waals surface area contributed by atoms with E-state index < -0.39 is 0 Å². The lowest BCUT2D eigenvalue weighted by molar-refractivity contribution is 0.620. The Balaban J connectivity index is 1.86. The summed E-state index contributed by atoms with van der Waals surface area (Å²) in [5.74, 6) is -0.236. The van der Waals surface area contributed by atoms with E-state index in [1.54, 1.807) is 12.1 Å². The maximum Gasteiger partial charge on any atom is 0.167 e. The number of nitrogens with one attached hydrogen (secondary N) is 2. The van der Waals surface area contributed by atoms with Gasteiger partial charge in [0.25, 0.3) is 0 Å². The molecule has 0 bridgehead atoms. The van der Waals surface area contributed by atoms with E-state index in [1.165, 1.54) is 11.6 Å². The van der Waals surface area contributed by atoms with Gasteiger partial charge in [-0.05, 0) is 60.3 Å². The molecule has 1 aliphatic rings. The lowest BCUT2D eigenvalue weighted by Crippen LogP contribution is -2.39. The van der Waals surface area contributed by atoms with Crippen LogP contribution in [0.1, 0.15) is 42.5 Å². The van der Waals surface area contributed by atoms with Gasteiger partial charge in [-0.3, -0.25) is 0 Å². The zero-order valence-electron chi connectivity index (χ0n) is 13.2. The molecule has 0 spiro atoms. The highest BCUT2D eigenvalue weighted by atomic mass is 32.1. The molecule has 120 valence electrons. The van der Waals surface area contributed by atoms with Gasteiger partial charge in [-0.25, -0.2) is 4.39 Å². The standard InChI is InChI=1S/C19H21FN2S/c1-2-13-6-8-14(9-7-13)18(15-4-3-5-16(20)12-15)22-19(23)21-17-10-11-17/h3-9,12,17-18H,2,10-11H2,1H3,(H2,21,22,23)/t18-/m0/s1. The maximum atomic E-state index is 13.6. The molecule has 2 aromatic rings. The van der Waals surface area contributed by atoms with Crippen LogP contribution in [-0.2, 0) is 6.42 Å². The van der Waals surface area contributed by atoms with Crippen molar-refractivity contribution in [1.29, 1.82) is 0 Å². The van der Waals surface area contributed by atoms with Crippen LogP contribution in [0.15, 0.2) is 48.5 Å². The molecule has 1 atom stereocenters. The van der Waals surface area contributed by atoms with Crippen molar-refractivity contribution in [2.24, 2.45) is 0 Å². The number of hydrogen-bond donors (Lipinski definition) is 2. The molecule has 1 fully saturated rings. The number of halogens is 1. The second kappa shape index (κ2) is 7.09. The lowest BCUT2D eigenvalue weighted by Gasteiger charge is -2.22. The van der Waals surface area contributed by atoms with Crippen LogP contribution < -0.4 is 10.6 Å². The first-order valence-corrected chi connectivity index (χ1v) is 8.48. The average molecular weight is 328 g/mol. The number of rotatable bonds is 5. The van der Waals surface area contributed by atoms with E-state index in [2.05, 4.69) is 41.8 Å². The van der Waals surface area contributed by atoms with E-state index in [0.717, 1.165) is 30.4 Å². The Kier molecular flexibility index (Phi) is 4.91. The molecule has 0 heterocycles. The molecular weight excluding hydrogens is 307 g/mol. The SMILES string of the molecule is CCc1ccc([C@H](NC(=S)NC2CC2)c2cccc(F)c2)cc1. The molecule has 4 heteroatoms.